The number of hydrogen-bond acceptors (Lipinski definition) is 5. The van der Waals surface area contributed by atoms with E-state index in [-0.39, 0.29) is 5.92 Å². The van der Waals surface area contributed by atoms with Crippen molar-refractivity contribution in [1.82, 2.24) is 15.5 Å². The van der Waals surface area contributed by atoms with Crippen molar-refractivity contribution in [2.75, 3.05) is 20.2 Å². The maximum atomic E-state index is 5.76. The summed E-state index contributed by atoms with van der Waals surface area (Å²) >= 11 is 0. The van der Waals surface area contributed by atoms with Gasteiger partial charge in [-0.25, -0.2) is 0 Å². The van der Waals surface area contributed by atoms with Gasteiger partial charge >= 0.3 is 0 Å². The number of ether oxygens (including phenoxy) is 1. The van der Waals surface area contributed by atoms with Crippen LogP contribution in [0.1, 0.15) is 29.7 Å². The molecule has 0 saturated heterocycles. The molecule has 1 aliphatic heterocycles. The fourth-order valence-corrected chi connectivity index (χ4v) is 2.34. The molecular formula is C14H17N3O2. The summed E-state index contributed by atoms with van der Waals surface area (Å²) in [7, 11) is 1.91. The fraction of sp³-hybridized carbons (Fsp3) is 0.429. The number of benzene rings is 1. The number of likely N-dealkylation sites (N-methyl/N-ethyl adjacent to an activating group) is 1. The SMILES string of the molecule is CNCCc1nnc(C2CCOc3ccccc32)o1. The van der Waals surface area contributed by atoms with Crippen molar-refractivity contribution in [3.05, 3.63) is 41.6 Å². The topological polar surface area (TPSA) is 60.2 Å². The molecule has 0 amide bonds. The van der Waals surface area contributed by atoms with Gasteiger partial charge in [0.2, 0.25) is 11.8 Å². The molecule has 1 N–H and O–H groups in total. The van der Waals surface area contributed by atoms with Crippen molar-refractivity contribution in [2.24, 2.45) is 0 Å². The fourth-order valence-electron chi connectivity index (χ4n) is 2.34. The third-order valence-corrected chi connectivity index (χ3v) is 3.33. The molecule has 2 heterocycles. The van der Waals surface area contributed by atoms with Crippen molar-refractivity contribution in [3.63, 3.8) is 0 Å². The summed E-state index contributed by atoms with van der Waals surface area (Å²) in [6.07, 6.45) is 1.64. The second kappa shape index (κ2) is 5.40. The average Bonchev–Trinajstić information content (AvgIpc) is 2.93. The van der Waals surface area contributed by atoms with Crippen LogP contribution in [0.4, 0.5) is 0 Å². The number of aromatic nitrogens is 2. The van der Waals surface area contributed by atoms with Crippen molar-refractivity contribution in [2.45, 2.75) is 18.8 Å². The highest BCUT2D eigenvalue weighted by molar-refractivity contribution is 5.40. The van der Waals surface area contributed by atoms with Crippen LogP contribution < -0.4 is 10.1 Å². The van der Waals surface area contributed by atoms with Gasteiger partial charge in [0.25, 0.3) is 0 Å². The summed E-state index contributed by atoms with van der Waals surface area (Å²) in [6, 6.07) is 8.04. The molecule has 0 spiro atoms. The molecule has 5 heteroatoms. The van der Waals surface area contributed by atoms with Crippen LogP contribution in [-0.2, 0) is 6.42 Å². The zero-order chi connectivity index (χ0) is 13.1. The molecule has 5 nitrogen and oxygen atoms in total. The quantitative estimate of drug-likeness (QED) is 0.906. The highest BCUT2D eigenvalue weighted by atomic mass is 16.5. The molecular weight excluding hydrogens is 242 g/mol. The molecule has 1 atom stereocenters. The van der Waals surface area contributed by atoms with Gasteiger partial charge in [0, 0.05) is 18.5 Å². The second-order valence-electron chi connectivity index (χ2n) is 4.62. The monoisotopic (exact) mass is 259 g/mol. The summed E-state index contributed by atoms with van der Waals surface area (Å²) < 4.78 is 11.4. The molecule has 2 aromatic rings. The van der Waals surface area contributed by atoms with Gasteiger partial charge in [0.05, 0.1) is 12.5 Å². The Bertz CT molecular complexity index is 553. The van der Waals surface area contributed by atoms with E-state index in [1.165, 1.54) is 0 Å². The number of hydrogen-bond donors (Lipinski definition) is 1. The third-order valence-electron chi connectivity index (χ3n) is 3.33. The lowest BCUT2D eigenvalue weighted by Crippen LogP contribution is -2.15. The van der Waals surface area contributed by atoms with E-state index in [1.807, 2.05) is 25.2 Å². The number of para-hydroxylation sites is 1. The van der Waals surface area contributed by atoms with Crippen LogP contribution in [0.2, 0.25) is 0 Å². The number of rotatable bonds is 4. The van der Waals surface area contributed by atoms with Gasteiger partial charge in [0.1, 0.15) is 5.75 Å². The second-order valence-corrected chi connectivity index (χ2v) is 4.62. The lowest BCUT2D eigenvalue weighted by molar-refractivity contribution is 0.263. The van der Waals surface area contributed by atoms with Gasteiger partial charge in [-0.05, 0) is 19.5 Å². The van der Waals surface area contributed by atoms with Crippen molar-refractivity contribution in [3.8, 4) is 5.75 Å². The molecule has 19 heavy (non-hydrogen) atoms. The Morgan fingerprint density at radius 3 is 3.11 bits per heavy atom. The van der Waals surface area contributed by atoms with Crippen molar-refractivity contribution >= 4 is 0 Å². The first-order valence-corrected chi connectivity index (χ1v) is 6.57. The molecule has 100 valence electrons. The number of fused-ring (bicyclic) bond motifs is 1. The van der Waals surface area contributed by atoms with Crippen LogP contribution in [0, 0.1) is 0 Å². The van der Waals surface area contributed by atoms with Crippen LogP contribution in [-0.4, -0.2) is 30.4 Å². The van der Waals surface area contributed by atoms with E-state index in [4.69, 9.17) is 9.15 Å². The van der Waals surface area contributed by atoms with Gasteiger partial charge in [-0.2, -0.15) is 0 Å². The van der Waals surface area contributed by atoms with E-state index in [0.29, 0.717) is 18.4 Å². The molecule has 3 rings (SSSR count). The Labute approximate surface area is 112 Å². The molecule has 0 radical (unpaired) electrons. The van der Waals surface area contributed by atoms with E-state index < -0.39 is 0 Å². The summed E-state index contributed by atoms with van der Waals surface area (Å²) in [5.74, 6) is 2.46. The Hall–Kier alpha value is -1.88. The average molecular weight is 259 g/mol. The predicted molar refractivity (Wildman–Crippen MR) is 70.3 cm³/mol. The van der Waals surface area contributed by atoms with E-state index in [0.717, 1.165) is 30.7 Å². The molecule has 1 aromatic carbocycles. The van der Waals surface area contributed by atoms with Crippen LogP contribution in [0.5, 0.6) is 5.75 Å². The summed E-state index contributed by atoms with van der Waals surface area (Å²) in [4.78, 5) is 0. The molecule has 1 aromatic heterocycles. The lowest BCUT2D eigenvalue weighted by atomic mass is 9.93. The van der Waals surface area contributed by atoms with Crippen molar-refractivity contribution < 1.29 is 9.15 Å². The van der Waals surface area contributed by atoms with E-state index >= 15 is 0 Å². The van der Waals surface area contributed by atoms with Crippen LogP contribution in [0.3, 0.4) is 0 Å². The zero-order valence-corrected chi connectivity index (χ0v) is 10.9. The van der Waals surface area contributed by atoms with E-state index in [9.17, 15) is 0 Å². The minimum absolute atomic E-state index is 0.154. The standard InChI is InChI=1S/C14H17N3O2/c1-15-8-6-13-16-17-14(19-13)11-7-9-18-12-5-3-2-4-10(11)12/h2-5,11,15H,6-9H2,1H3. The third kappa shape index (κ3) is 2.46. The van der Waals surface area contributed by atoms with Gasteiger partial charge < -0.3 is 14.5 Å². The largest absolute Gasteiger partial charge is 0.493 e. The smallest absolute Gasteiger partial charge is 0.224 e. The highest BCUT2D eigenvalue weighted by Gasteiger charge is 2.27. The Balaban J connectivity index is 1.85. The van der Waals surface area contributed by atoms with E-state index in [2.05, 4.69) is 21.6 Å². The van der Waals surface area contributed by atoms with Crippen LogP contribution >= 0.6 is 0 Å². The summed E-state index contributed by atoms with van der Waals surface area (Å²) in [5, 5.41) is 11.4. The molecule has 1 aliphatic rings. The normalized spacial score (nSPS) is 17.8. The van der Waals surface area contributed by atoms with Gasteiger partial charge in [-0.3, -0.25) is 0 Å². The molecule has 0 fully saturated rings. The minimum atomic E-state index is 0.154. The lowest BCUT2D eigenvalue weighted by Gasteiger charge is -2.23. The highest BCUT2D eigenvalue weighted by Crippen LogP contribution is 2.37. The van der Waals surface area contributed by atoms with Gasteiger partial charge in [0.15, 0.2) is 0 Å². The first kappa shape index (κ1) is 12.2. The van der Waals surface area contributed by atoms with Crippen molar-refractivity contribution in [1.29, 1.82) is 0 Å². The van der Waals surface area contributed by atoms with E-state index in [1.54, 1.807) is 0 Å². The van der Waals surface area contributed by atoms with Crippen LogP contribution in [0.25, 0.3) is 0 Å². The van der Waals surface area contributed by atoms with Crippen LogP contribution in [0.15, 0.2) is 28.7 Å². The maximum Gasteiger partial charge on any atom is 0.224 e. The molecule has 0 bridgehead atoms. The number of nitrogens with one attached hydrogen (secondary N) is 1. The first-order valence-electron chi connectivity index (χ1n) is 6.57. The summed E-state index contributed by atoms with van der Waals surface area (Å²) in [5.41, 5.74) is 1.14. The van der Waals surface area contributed by atoms with Gasteiger partial charge in [-0.15, -0.1) is 10.2 Å². The Kier molecular flexibility index (Phi) is 3.46. The summed E-state index contributed by atoms with van der Waals surface area (Å²) in [6.45, 7) is 1.53. The molecule has 1 unspecified atom stereocenters. The molecule has 0 saturated carbocycles. The Morgan fingerprint density at radius 2 is 2.21 bits per heavy atom. The Morgan fingerprint density at radius 1 is 1.32 bits per heavy atom. The predicted octanol–water partition coefficient (Wildman–Crippen LogP) is 1.75. The maximum absolute atomic E-state index is 5.76. The first-order chi connectivity index (χ1) is 9.38. The zero-order valence-electron chi connectivity index (χ0n) is 10.9. The molecule has 0 aliphatic carbocycles. The number of nitrogens with zero attached hydrogens (tertiary/aromatic N) is 2. The van der Waals surface area contributed by atoms with Gasteiger partial charge in [-0.1, -0.05) is 18.2 Å². The minimum Gasteiger partial charge on any atom is -0.493 e.